The molecule has 1 aromatic rings. The van der Waals surface area contributed by atoms with E-state index >= 15 is 0 Å². The Balaban J connectivity index is 1.37. The zero-order chi connectivity index (χ0) is 20.2. The van der Waals surface area contributed by atoms with E-state index in [-0.39, 0.29) is 5.41 Å². The van der Waals surface area contributed by atoms with Crippen LogP contribution < -0.4 is 0 Å². The maximum atomic E-state index is 4.81. The number of rotatable bonds is 2. The molecule has 29 heavy (non-hydrogen) atoms. The van der Waals surface area contributed by atoms with Gasteiger partial charge in [0, 0.05) is 29.4 Å². The van der Waals surface area contributed by atoms with Crippen LogP contribution in [0.3, 0.4) is 0 Å². The van der Waals surface area contributed by atoms with Crippen LogP contribution in [-0.4, -0.2) is 21.7 Å². The zero-order valence-electron chi connectivity index (χ0n) is 18.8. The summed E-state index contributed by atoms with van der Waals surface area (Å²) in [6.07, 6.45) is 17.9. The predicted octanol–water partition coefficient (Wildman–Crippen LogP) is 5.94. The summed E-state index contributed by atoms with van der Waals surface area (Å²) in [7, 11) is 1.97. The molecule has 4 nitrogen and oxygen atoms in total. The fourth-order valence-electron chi connectivity index (χ4n) is 8.05. The van der Waals surface area contributed by atoms with Crippen LogP contribution >= 0.6 is 0 Å². The first-order chi connectivity index (χ1) is 13.9. The Hall–Kier alpha value is -1.45. The minimum Gasteiger partial charge on any atom is -0.272 e. The van der Waals surface area contributed by atoms with Crippen LogP contribution in [-0.2, 0) is 7.05 Å². The maximum Gasteiger partial charge on any atom is 0.0602 e. The molecule has 4 aliphatic rings. The lowest BCUT2D eigenvalue weighted by Crippen LogP contribution is -2.52. The molecule has 0 N–H and O–H groups in total. The fraction of sp³-hybridized carbons (Fsp3) is 0.800. The maximum absolute atomic E-state index is 4.81. The highest BCUT2D eigenvalue weighted by Crippen LogP contribution is 2.65. The first kappa shape index (κ1) is 19.5. The van der Waals surface area contributed by atoms with Crippen LogP contribution in [0.25, 0.3) is 0 Å². The minimum absolute atomic E-state index is 0.278. The molecule has 0 saturated heterocycles. The van der Waals surface area contributed by atoms with E-state index in [4.69, 9.17) is 5.10 Å². The smallest absolute Gasteiger partial charge is 0.0602 e. The van der Waals surface area contributed by atoms with Crippen LogP contribution in [0.15, 0.2) is 16.4 Å². The molecule has 6 atom stereocenters. The summed E-state index contributed by atoms with van der Waals surface area (Å²) < 4.78 is 1.89. The average Bonchev–Trinajstić information content (AvgIpc) is 3.21. The summed E-state index contributed by atoms with van der Waals surface area (Å²) in [6, 6.07) is 0. The zero-order valence-corrected chi connectivity index (χ0v) is 18.8. The van der Waals surface area contributed by atoms with E-state index in [9.17, 15) is 0 Å². The molecule has 5 rings (SSSR count). The van der Waals surface area contributed by atoms with Crippen LogP contribution in [0, 0.1) is 41.4 Å². The van der Waals surface area contributed by atoms with Gasteiger partial charge in [0.05, 0.1) is 12.4 Å². The van der Waals surface area contributed by atoms with E-state index in [2.05, 4.69) is 31.0 Å². The van der Waals surface area contributed by atoms with Gasteiger partial charge in [0.2, 0.25) is 0 Å². The highest BCUT2D eigenvalue weighted by atomic mass is 15.3. The van der Waals surface area contributed by atoms with Crippen molar-refractivity contribution in [2.24, 2.45) is 51.8 Å². The minimum atomic E-state index is 0.278. The highest BCUT2D eigenvalue weighted by molar-refractivity contribution is 5.93. The van der Waals surface area contributed by atoms with Gasteiger partial charge in [0.15, 0.2) is 0 Å². The number of fused-ring (bicyclic) bond motifs is 5. The molecule has 0 aliphatic heterocycles. The molecule has 1 aromatic heterocycles. The molecule has 0 aromatic carbocycles. The first-order valence-corrected chi connectivity index (χ1v) is 12.0. The van der Waals surface area contributed by atoms with Gasteiger partial charge in [-0.25, -0.2) is 0 Å². The van der Waals surface area contributed by atoms with Crippen LogP contribution in [0.1, 0.15) is 89.3 Å². The van der Waals surface area contributed by atoms with Crippen molar-refractivity contribution in [1.82, 2.24) is 9.78 Å². The van der Waals surface area contributed by atoms with Crippen molar-refractivity contribution in [1.29, 1.82) is 0 Å². The number of nitrogens with zero attached hydrogens (tertiary/aromatic N) is 4. The van der Waals surface area contributed by atoms with Crippen molar-refractivity contribution >= 4 is 11.9 Å². The quantitative estimate of drug-likeness (QED) is 0.452. The third kappa shape index (κ3) is 2.96. The summed E-state index contributed by atoms with van der Waals surface area (Å²) in [5.41, 5.74) is 4.49. The summed E-state index contributed by atoms with van der Waals surface area (Å²) >= 11 is 0. The fourth-order valence-corrected chi connectivity index (χ4v) is 8.05. The summed E-state index contributed by atoms with van der Waals surface area (Å²) in [5.74, 6) is 3.71. The Kier molecular flexibility index (Phi) is 4.75. The van der Waals surface area contributed by atoms with Gasteiger partial charge in [0.1, 0.15) is 0 Å². The van der Waals surface area contributed by atoms with Crippen molar-refractivity contribution in [3.8, 4) is 0 Å². The van der Waals surface area contributed by atoms with Gasteiger partial charge in [-0.3, -0.25) is 4.68 Å². The van der Waals surface area contributed by atoms with Gasteiger partial charge >= 0.3 is 0 Å². The molecule has 0 unspecified atom stereocenters. The largest absolute Gasteiger partial charge is 0.272 e. The Morgan fingerprint density at radius 2 is 1.93 bits per heavy atom. The monoisotopic (exact) mass is 394 g/mol. The van der Waals surface area contributed by atoms with E-state index in [1.807, 2.05) is 24.1 Å². The molecule has 0 spiro atoms. The van der Waals surface area contributed by atoms with Gasteiger partial charge in [-0.2, -0.15) is 15.3 Å². The second kappa shape index (κ2) is 7.06. The van der Waals surface area contributed by atoms with Gasteiger partial charge in [-0.05, 0) is 87.4 Å². The number of hydrogen-bond donors (Lipinski definition) is 0. The van der Waals surface area contributed by atoms with Crippen molar-refractivity contribution in [2.45, 2.75) is 85.0 Å². The Morgan fingerprint density at radius 1 is 1.07 bits per heavy atom. The van der Waals surface area contributed by atoms with E-state index < -0.39 is 0 Å². The van der Waals surface area contributed by atoms with E-state index in [0.717, 1.165) is 41.3 Å². The molecular formula is C25H38N4. The van der Waals surface area contributed by atoms with Crippen molar-refractivity contribution < 1.29 is 0 Å². The van der Waals surface area contributed by atoms with E-state index in [0.29, 0.717) is 5.41 Å². The summed E-state index contributed by atoms with van der Waals surface area (Å²) in [6.45, 7) is 7.26. The number of hydrogen-bond acceptors (Lipinski definition) is 3. The molecule has 158 valence electrons. The second-order valence-electron chi connectivity index (χ2n) is 11.0. The molecule has 4 fully saturated rings. The Morgan fingerprint density at radius 3 is 2.72 bits per heavy atom. The number of aryl methyl sites for hydroxylation is 1. The summed E-state index contributed by atoms with van der Waals surface area (Å²) in [4.78, 5) is 0. The van der Waals surface area contributed by atoms with Gasteiger partial charge < -0.3 is 0 Å². The molecule has 0 radical (unpaired) electrons. The van der Waals surface area contributed by atoms with E-state index in [1.54, 1.807) is 0 Å². The third-order valence-electron chi connectivity index (χ3n) is 9.97. The molecular weight excluding hydrogens is 356 g/mol. The van der Waals surface area contributed by atoms with Gasteiger partial charge in [-0.15, -0.1) is 0 Å². The number of aromatic nitrogens is 2. The standard InChI is InChI=1S/C25H38N4/c1-17-18(16-27-29(17)4)15-26-28-23-11-10-21-20-9-8-19-7-5-6-13-24(19,2)22(20)12-14-25(21,23)3/h15-16,19-22H,5-14H2,1-4H3/b26-15-,28-23-/t19-,20-,21-,22-,24-,25-/m0/s1. The van der Waals surface area contributed by atoms with Gasteiger partial charge in [0.25, 0.3) is 0 Å². The summed E-state index contributed by atoms with van der Waals surface area (Å²) in [5, 5.41) is 13.6. The molecule has 4 saturated carbocycles. The lowest BCUT2D eigenvalue weighted by atomic mass is 9.45. The Bertz CT molecular complexity index is 836. The van der Waals surface area contributed by atoms with Crippen LogP contribution in [0.4, 0.5) is 0 Å². The van der Waals surface area contributed by atoms with E-state index in [1.165, 1.54) is 63.5 Å². The highest BCUT2D eigenvalue weighted by Gasteiger charge is 2.58. The third-order valence-corrected chi connectivity index (χ3v) is 9.97. The lowest BCUT2D eigenvalue weighted by molar-refractivity contribution is -0.0936. The predicted molar refractivity (Wildman–Crippen MR) is 119 cm³/mol. The van der Waals surface area contributed by atoms with Gasteiger partial charge in [-0.1, -0.05) is 26.7 Å². The SMILES string of the molecule is Cc1c(/C=N\N=C2\CC[C@H]3[C@@H]4CC[C@@H]5CCCC[C@]5(C)[C@H]4CC[C@]23C)cnn1C. The van der Waals surface area contributed by atoms with Crippen LogP contribution in [0.2, 0.25) is 0 Å². The average molecular weight is 395 g/mol. The first-order valence-electron chi connectivity index (χ1n) is 12.0. The molecule has 0 amide bonds. The normalized spacial score (nSPS) is 43.4. The van der Waals surface area contributed by atoms with Crippen molar-refractivity contribution in [2.75, 3.05) is 0 Å². The van der Waals surface area contributed by atoms with Crippen molar-refractivity contribution in [3.05, 3.63) is 17.5 Å². The Labute approximate surface area is 176 Å². The lowest BCUT2D eigenvalue weighted by Gasteiger charge is -2.59. The van der Waals surface area contributed by atoms with Crippen molar-refractivity contribution in [3.63, 3.8) is 0 Å². The van der Waals surface area contributed by atoms with Crippen LogP contribution in [0.5, 0.6) is 0 Å². The molecule has 4 heteroatoms. The topological polar surface area (TPSA) is 42.5 Å². The molecule has 0 bridgehead atoms. The molecule has 4 aliphatic carbocycles. The second-order valence-corrected chi connectivity index (χ2v) is 11.0. The molecule has 1 heterocycles.